The maximum Gasteiger partial charge on any atom is 0.312 e. The van der Waals surface area contributed by atoms with E-state index in [4.69, 9.17) is 4.74 Å². The number of carbonyl (C=O) groups is 1. The molecule has 0 amide bonds. The van der Waals surface area contributed by atoms with Gasteiger partial charge in [-0.15, -0.1) is 0 Å². The van der Waals surface area contributed by atoms with Crippen molar-refractivity contribution < 1.29 is 9.53 Å². The van der Waals surface area contributed by atoms with Crippen LogP contribution in [0.2, 0.25) is 0 Å². The van der Waals surface area contributed by atoms with Gasteiger partial charge < -0.3 is 10.1 Å². The lowest BCUT2D eigenvalue weighted by Crippen LogP contribution is -2.10. The molecule has 92 valence electrons. The minimum absolute atomic E-state index is 0.215. The van der Waals surface area contributed by atoms with Gasteiger partial charge >= 0.3 is 5.97 Å². The number of rotatable bonds is 5. The number of carbonyl (C=O) groups excluding carboxylic acids is 1. The SMILES string of the molecule is C=C(C)CNc1ccc([C@H](C)C(=O)OC)cc1. The van der Waals surface area contributed by atoms with Crippen LogP contribution < -0.4 is 5.32 Å². The molecule has 0 bridgehead atoms. The van der Waals surface area contributed by atoms with Crippen molar-refractivity contribution in [3.05, 3.63) is 42.0 Å². The number of hydrogen-bond donors (Lipinski definition) is 1. The molecule has 1 atom stereocenters. The highest BCUT2D eigenvalue weighted by Gasteiger charge is 2.14. The maximum absolute atomic E-state index is 11.4. The molecule has 0 radical (unpaired) electrons. The van der Waals surface area contributed by atoms with E-state index in [1.165, 1.54) is 7.11 Å². The molecule has 0 heterocycles. The second-order valence-corrected chi connectivity index (χ2v) is 4.18. The smallest absolute Gasteiger partial charge is 0.312 e. The minimum Gasteiger partial charge on any atom is -0.469 e. The normalized spacial score (nSPS) is 11.7. The first-order chi connectivity index (χ1) is 8.04. The molecule has 0 aromatic heterocycles. The van der Waals surface area contributed by atoms with Crippen LogP contribution >= 0.6 is 0 Å². The number of hydrogen-bond acceptors (Lipinski definition) is 3. The zero-order chi connectivity index (χ0) is 12.8. The Morgan fingerprint density at radius 3 is 2.47 bits per heavy atom. The Kier molecular flexibility index (Phi) is 4.76. The van der Waals surface area contributed by atoms with Gasteiger partial charge in [-0.05, 0) is 31.5 Å². The Bertz CT molecular complexity index is 395. The third-order valence-electron chi connectivity index (χ3n) is 2.56. The predicted octanol–water partition coefficient (Wildman–Crippen LogP) is 2.95. The summed E-state index contributed by atoms with van der Waals surface area (Å²) >= 11 is 0. The highest BCUT2D eigenvalue weighted by atomic mass is 16.5. The molecule has 3 heteroatoms. The fourth-order valence-electron chi connectivity index (χ4n) is 1.46. The summed E-state index contributed by atoms with van der Waals surface area (Å²) in [6.45, 7) is 8.39. The van der Waals surface area contributed by atoms with Crippen molar-refractivity contribution in [3.8, 4) is 0 Å². The molecule has 0 aliphatic rings. The molecule has 0 saturated carbocycles. The van der Waals surface area contributed by atoms with Gasteiger partial charge in [0.1, 0.15) is 0 Å². The first kappa shape index (κ1) is 13.3. The molecule has 17 heavy (non-hydrogen) atoms. The van der Waals surface area contributed by atoms with E-state index in [2.05, 4.69) is 11.9 Å². The number of anilines is 1. The summed E-state index contributed by atoms with van der Waals surface area (Å²) in [4.78, 5) is 11.4. The number of nitrogens with one attached hydrogen (secondary N) is 1. The Hall–Kier alpha value is -1.77. The topological polar surface area (TPSA) is 38.3 Å². The third-order valence-corrected chi connectivity index (χ3v) is 2.56. The van der Waals surface area contributed by atoms with Crippen LogP contribution in [-0.4, -0.2) is 19.6 Å². The summed E-state index contributed by atoms with van der Waals surface area (Å²) in [7, 11) is 1.40. The second-order valence-electron chi connectivity index (χ2n) is 4.18. The van der Waals surface area contributed by atoms with Crippen molar-refractivity contribution in [2.45, 2.75) is 19.8 Å². The molecule has 0 unspecified atom stereocenters. The molecule has 1 aromatic rings. The van der Waals surface area contributed by atoms with Gasteiger partial charge in [0.25, 0.3) is 0 Å². The van der Waals surface area contributed by atoms with Crippen molar-refractivity contribution >= 4 is 11.7 Å². The molecule has 0 saturated heterocycles. The zero-order valence-corrected chi connectivity index (χ0v) is 10.6. The predicted molar refractivity (Wildman–Crippen MR) is 70.2 cm³/mol. The minimum atomic E-state index is -0.227. The van der Waals surface area contributed by atoms with Gasteiger partial charge in [0, 0.05) is 12.2 Å². The van der Waals surface area contributed by atoms with E-state index in [9.17, 15) is 4.79 Å². The van der Waals surface area contributed by atoms with E-state index in [0.29, 0.717) is 0 Å². The van der Waals surface area contributed by atoms with Gasteiger partial charge in [-0.25, -0.2) is 0 Å². The number of esters is 1. The van der Waals surface area contributed by atoms with Crippen LogP contribution in [0.4, 0.5) is 5.69 Å². The van der Waals surface area contributed by atoms with Crippen molar-refractivity contribution in [1.82, 2.24) is 0 Å². The van der Waals surface area contributed by atoms with Gasteiger partial charge in [0.05, 0.1) is 13.0 Å². The van der Waals surface area contributed by atoms with Crippen molar-refractivity contribution in [3.63, 3.8) is 0 Å². The standard InChI is InChI=1S/C14H19NO2/c1-10(2)9-15-13-7-5-12(6-8-13)11(3)14(16)17-4/h5-8,11,15H,1,9H2,2-4H3/t11-/m0/s1. The number of benzene rings is 1. The van der Waals surface area contributed by atoms with Crippen molar-refractivity contribution in [2.24, 2.45) is 0 Å². The molecular formula is C14H19NO2. The lowest BCUT2D eigenvalue weighted by molar-refractivity contribution is -0.141. The fourth-order valence-corrected chi connectivity index (χ4v) is 1.46. The van der Waals surface area contributed by atoms with E-state index in [1.807, 2.05) is 38.1 Å². The number of ether oxygens (including phenoxy) is 1. The monoisotopic (exact) mass is 233 g/mol. The Balaban J connectivity index is 2.67. The van der Waals surface area contributed by atoms with Crippen LogP contribution in [0.25, 0.3) is 0 Å². The Morgan fingerprint density at radius 1 is 1.41 bits per heavy atom. The summed E-state index contributed by atoms with van der Waals surface area (Å²) in [6.07, 6.45) is 0. The molecule has 0 fully saturated rings. The lowest BCUT2D eigenvalue weighted by atomic mass is 10.0. The summed E-state index contributed by atoms with van der Waals surface area (Å²) in [5.41, 5.74) is 3.06. The Labute approximate surface area is 102 Å². The van der Waals surface area contributed by atoms with Gasteiger partial charge in [0.2, 0.25) is 0 Å². The Morgan fingerprint density at radius 2 is 2.00 bits per heavy atom. The fraction of sp³-hybridized carbons (Fsp3) is 0.357. The highest BCUT2D eigenvalue weighted by molar-refractivity contribution is 5.77. The molecule has 0 aliphatic heterocycles. The van der Waals surface area contributed by atoms with Crippen molar-refractivity contribution in [1.29, 1.82) is 0 Å². The first-order valence-corrected chi connectivity index (χ1v) is 5.60. The van der Waals surface area contributed by atoms with Crippen LogP contribution in [0, 0.1) is 0 Å². The average molecular weight is 233 g/mol. The highest BCUT2D eigenvalue weighted by Crippen LogP contribution is 2.19. The first-order valence-electron chi connectivity index (χ1n) is 5.60. The number of methoxy groups -OCH3 is 1. The molecule has 1 aromatic carbocycles. The van der Waals surface area contributed by atoms with Crippen LogP contribution in [0.5, 0.6) is 0 Å². The molecule has 0 spiro atoms. The summed E-state index contributed by atoms with van der Waals surface area (Å²) in [6, 6.07) is 7.78. The van der Waals surface area contributed by atoms with Gasteiger partial charge in [-0.3, -0.25) is 4.79 Å². The van der Waals surface area contributed by atoms with Gasteiger partial charge in [-0.2, -0.15) is 0 Å². The van der Waals surface area contributed by atoms with Gasteiger partial charge in [-0.1, -0.05) is 24.3 Å². The van der Waals surface area contributed by atoms with Crippen LogP contribution in [-0.2, 0) is 9.53 Å². The maximum atomic E-state index is 11.4. The van der Waals surface area contributed by atoms with E-state index >= 15 is 0 Å². The lowest BCUT2D eigenvalue weighted by Gasteiger charge is -2.11. The van der Waals surface area contributed by atoms with E-state index < -0.39 is 0 Å². The quantitative estimate of drug-likeness (QED) is 0.627. The molecule has 1 N–H and O–H groups in total. The molecule has 1 rings (SSSR count). The molecule has 3 nitrogen and oxygen atoms in total. The van der Waals surface area contributed by atoms with E-state index in [-0.39, 0.29) is 11.9 Å². The third kappa shape index (κ3) is 3.94. The summed E-state index contributed by atoms with van der Waals surface area (Å²) in [5, 5.41) is 3.24. The van der Waals surface area contributed by atoms with Crippen molar-refractivity contribution in [2.75, 3.05) is 19.0 Å². The second kappa shape index (κ2) is 6.09. The van der Waals surface area contributed by atoms with Crippen LogP contribution in [0.3, 0.4) is 0 Å². The zero-order valence-electron chi connectivity index (χ0n) is 10.6. The van der Waals surface area contributed by atoms with E-state index in [0.717, 1.165) is 23.4 Å². The van der Waals surface area contributed by atoms with Crippen LogP contribution in [0.15, 0.2) is 36.4 Å². The largest absolute Gasteiger partial charge is 0.469 e. The summed E-state index contributed by atoms with van der Waals surface area (Å²) in [5.74, 6) is -0.442. The van der Waals surface area contributed by atoms with Gasteiger partial charge in [0.15, 0.2) is 0 Å². The molecular weight excluding hydrogens is 214 g/mol. The average Bonchev–Trinajstić information content (AvgIpc) is 2.35. The molecule has 0 aliphatic carbocycles. The summed E-state index contributed by atoms with van der Waals surface area (Å²) < 4.78 is 4.71. The van der Waals surface area contributed by atoms with E-state index in [1.54, 1.807) is 0 Å². The van der Waals surface area contributed by atoms with Crippen LogP contribution in [0.1, 0.15) is 25.3 Å².